The van der Waals surface area contributed by atoms with Gasteiger partial charge in [0.15, 0.2) is 17.4 Å². The Bertz CT molecular complexity index is 845. The third-order valence-corrected chi connectivity index (χ3v) is 4.08. The summed E-state index contributed by atoms with van der Waals surface area (Å²) in [6, 6.07) is 8.63. The lowest BCUT2D eigenvalue weighted by molar-refractivity contribution is 0.0996. The predicted octanol–water partition coefficient (Wildman–Crippen LogP) is 1.44. The number of amides is 1. The fraction of sp³-hybridized carbons (Fsp3) is 0.235. The van der Waals surface area contributed by atoms with Crippen LogP contribution in [0.5, 0.6) is 0 Å². The highest BCUT2D eigenvalue weighted by atomic mass is 16.3. The Morgan fingerprint density at radius 2 is 1.73 bits per heavy atom. The maximum absolute atomic E-state index is 11.9. The third kappa shape index (κ3) is 3.46. The van der Waals surface area contributed by atoms with Gasteiger partial charge in [-0.25, -0.2) is 9.97 Å². The zero-order valence-corrected chi connectivity index (χ0v) is 13.9. The highest BCUT2D eigenvalue weighted by Gasteiger charge is 2.20. The Balaban J connectivity index is 1.35. The average molecular weight is 351 g/mol. The van der Waals surface area contributed by atoms with Gasteiger partial charge >= 0.3 is 0 Å². The van der Waals surface area contributed by atoms with Crippen LogP contribution in [0, 0.1) is 0 Å². The molecule has 1 N–H and O–H groups in total. The fourth-order valence-electron chi connectivity index (χ4n) is 2.74. The molecule has 0 atom stereocenters. The maximum atomic E-state index is 11.9. The fourth-order valence-corrected chi connectivity index (χ4v) is 2.74. The van der Waals surface area contributed by atoms with Crippen LogP contribution in [-0.2, 0) is 0 Å². The zero-order valence-electron chi connectivity index (χ0n) is 13.9. The Kier molecular flexibility index (Phi) is 4.42. The molecule has 1 aliphatic rings. The van der Waals surface area contributed by atoms with Gasteiger partial charge in [0.2, 0.25) is 5.95 Å². The molecule has 3 aromatic rings. The molecule has 9 heteroatoms. The summed E-state index contributed by atoms with van der Waals surface area (Å²) in [6.45, 7) is 3.21. The van der Waals surface area contributed by atoms with E-state index >= 15 is 0 Å². The van der Waals surface area contributed by atoms with E-state index in [0.29, 0.717) is 5.82 Å². The SMILES string of the molecule is O=C(Nc1ccc(N2CCN(c3ncccn3)CC2)nn1)c1ccco1. The summed E-state index contributed by atoms with van der Waals surface area (Å²) >= 11 is 0. The number of aromatic nitrogens is 4. The molecular formula is C17H17N7O2. The number of furan rings is 1. The van der Waals surface area contributed by atoms with Crippen molar-refractivity contribution in [2.75, 3.05) is 41.3 Å². The summed E-state index contributed by atoms with van der Waals surface area (Å²) < 4.78 is 5.05. The number of hydrogen-bond donors (Lipinski definition) is 1. The van der Waals surface area contributed by atoms with Crippen LogP contribution in [0.2, 0.25) is 0 Å². The second kappa shape index (κ2) is 7.18. The first kappa shape index (κ1) is 16.0. The standard InChI is InChI=1S/C17H17N7O2/c25-16(13-3-1-12-26-13)20-14-4-5-15(22-21-14)23-8-10-24(11-9-23)17-18-6-2-7-19-17/h1-7,12H,8-11H2,(H,20,21,25). The number of piperazine rings is 1. The molecule has 1 aliphatic heterocycles. The minimum Gasteiger partial charge on any atom is -0.459 e. The Morgan fingerprint density at radius 3 is 2.38 bits per heavy atom. The van der Waals surface area contributed by atoms with Gasteiger partial charge in [0.1, 0.15) is 0 Å². The van der Waals surface area contributed by atoms with Crippen LogP contribution in [0.25, 0.3) is 0 Å². The van der Waals surface area contributed by atoms with E-state index in [-0.39, 0.29) is 11.7 Å². The van der Waals surface area contributed by atoms with E-state index in [2.05, 4.69) is 35.3 Å². The molecule has 0 saturated carbocycles. The minimum absolute atomic E-state index is 0.232. The smallest absolute Gasteiger partial charge is 0.292 e. The van der Waals surface area contributed by atoms with Gasteiger partial charge in [0, 0.05) is 38.6 Å². The van der Waals surface area contributed by atoms with Crippen molar-refractivity contribution in [2.24, 2.45) is 0 Å². The molecular weight excluding hydrogens is 334 g/mol. The van der Waals surface area contributed by atoms with Crippen LogP contribution in [0.15, 0.2) is 53.4 Å². The van der Waals surface area contributed by atoms with Crippen molar-refractivity contribution in [2.45, 2.75) is 0 Å². The maximum Gasteiger partial charge on any atom is 0.292 e. The lowest BCUT2D eigenvalue weighted by Crippen LogP contribution is -2.47. The second-order valence-electron chi connectivity index (χ2n) is 5.73. The zero-order chi connectivity index (χ0) is 17.8. The molecule has 132 valence electrons. The van der Waals surface area contributed by atoms with Gasteiger partial charge in [-0.1, -0.05) is 0 Å². The summed E-state index contributed by atoms with van der Waals surface area (Å²) in [5.74, 6) is 1.78. The normalized spacial score (nSPS) is 14.3. The molecule has 0 radical (unpaired) electrons. The number of anilines is 3. The van der Waals surface area contributed by atoms with Crippen molar-refractivity contribution >= 4 is 23.5 Å². The number of nitrogens with one attached hydrogen (secondary N) is 1. The van der Waals surface area contributed by atoms with Gasteiger partial charge in [-0.15, -0.1) is 10.2 Å². The van der Waals surface area contributed by atoms with Crippen LogP contribution >= 0.6 is 0 Å². The van der Waals surface area contributed by atoms with E-state index in [1.807, 2.05) is 12.1 Å². The molecule has 3 aromatic heterocycles. The molecule has 9 nitrogen and oxygen atoms in total. The van der Waals surface area contributed by atoms with Crippen molar-refractivity contribution in [3.63, 3.8) is 0 Å². The van der Waals surface area contributed by atoms with Crippen LogP contribution < -0.4 is 15.1 Å². The second-order valence-corrected chi connectivity index (χ2v) is 5.73. The lowest BCUT2D eigenvalue weighted by Gasteiger charge is -2.35. The van der Waals surface area contributed by atoms with E-state index in [1.54, 1.807) is 30.6 Å². The molecule has 0 aromatic carbocycles. The van der Waals surface area contributed by atoms with E-state index in [4.69, 9.17) is 4.42 Å². The number of hydrogen-bond acceptors (Lipinski definition) is 8. The van der Waals surface area contributed by atoms with Gasteiger partial charge in [0.25, 0.3) is 5.91 Å². The molecule has 1 saturated heterocycles. The largest absolute Gasteiger partial charge is 0.459 e. The molecule has 4 rings (SSSR count). The molecule has 26 heavy (non-hydrogen) atoms. The van der Waals surface area contributed by atoms with Crippen LogP contribution in [0.1, 0.15) is 10.6 Å². The van der Waals surface area contributed by atoms with Gasteiger partial charge in [-0.05, 0) is 30.3 Å². The summed E-state index contributed by atoms with van der Waals surface area (Å²) in [5, 5.41) is 10.9. The van der Waals surface area contributed by atoms with E-state index < -0.39 is 0 Å². The van der Waals surface area contributed by atoms with Gasteiger partial charge in [-0.2, -0.15) is 0 Å². The molecule has 1 fully saturated rings. The van der Waals surface area contributed by atoms with Crippen LogP contribution in [0.3, 0.4) is 0 Å². The summed E-state index contributed by atoms with van der Waals surface area (Å²) in [5.41, 5.74) is 0. The predicted molar refractivity (Wildman–Crippen MR) is 95.2 cm³/mol. The topological polar surface area (TPSA) is 100 Å². The first-order valence-corrected chi connectivity index (χ1v) is 8.25. The van der Waals surface area contributed by atoms with E-state index in [1.165, 1.54) is 6.26 Å². The molecule has 0 spiro atoms. The Hall–Kier alpha value is -3.49. The Morgan fingerprint density at radius 1 is 0.962 bits per heavy atom. The molecule has 1 amide bonds. The van der Waals surface area contributed by atoms with Crippen molar-refractivity contribution in [3.8, 4) is 0 Å². The van der Waals surface area contributed by atoms with E-state index in [9.17, 15) is 4.79 Å². The van der Waals surface area contributed by atoms with Crippen molar-refractivity contribution in [1.29, 1.82) is 0 Å². The summed E-state index contributed by atoms with van der Waals surface area (Å²) in [4.78, 5) is 24.8. The first-order chi connectivity index (χ1) is 12.8. The highest BCUT2D eigenvalue weighted by molar-refractivity contribution is 6.01. The van der Waals surface area contributed by atoms with Gasteiger partial charge in [-0.3, -0.25) is 4.79 Å². The molecule has 0 bridgehead atoms. The van der Waals surface area contributed by atoms with Crippen molar-refractivity contribution in [1.82, 2.24) is 20.2 Å². The van der Waals surface area contributed by atoms with Gasteiger partial charge in [0.05, 0.1) is 6.26 Å². The van der Waals surface area contributed by atoms with Crippen molar-refractivity contribution in [3.05, 3.63) is 54.7 Å². The lowest BCUT2D eigenvalue weighted by atomic mass is 10.3. The number of nitrogens with zero attached hydrogens (tertiary/aromatic N) is 6. The molecule has 0 aliphatic carbocycles. The average Bonchev–Trinajstić information content (AvgIpc) is 3.25. The summed E-state index contributed by atoms with van der Waals surface area (Å²) in [7, 11) is 0. The first-order valence-electron chi connectivity index (χ1n) is 8.25. The monoisotopic (exact) mass is 351 g/mol. The molecule has 4 heterocycles. The molecule has 0 unspecified atom stereocenters. The number of rotatable bonds is 4. The quantitative estimate of drug-likeness (QED) is 0.754. The van der Waals surface area contributed by atoms with Crippen molar-refractivity contribution < 1.29 is 9.21 Å². The third-order valence-electron chi connectivity index (χ3n) is 4.08. The van der Waals surface area contributed by atoms with Crippen LogP contribution in [-0.4, -0.2) is 52.3 Å². The Labute approximate surface area is 149 Å². The van der Waals surface area contributed by atoms with Gasteiger partial charge < -0.3 is 19.5 Å². The minimum atomic E-state index is -0.353. The number of carbonyl (C=O) groups is 1. The van der Waals surface area contributed by atoms with E-state index in [0.717, 1.165) is 37.9 Å². The highest BCUT2D eigenvalue weighted by Crippen LogP contribution is 2.16. The summed E-state index contributed by atoms with van der Waals surface area (Å²) in [6.07, 6.45) is 4.94. The number of carbonyl (C=O) groups excluding carboxylic acids is 1. The van der Waals surface area contributed by atoms with Crippen LogP contribution in [0.4, 0.5) is 17.6 Å².